The third-order valence-corrected chi connectivity index (χ3v) is 7.43. The predicted molar refractivity (Wildman–Crippen MR) is 132 cm³/mol. The number of ether oxygens (including phenoxy) is 1. The zero-order valence-electron chi connectivity index (χ0n) is 20.8. The minimum atomic E-state index is -3.03. The van der Waals surface area contributed by atoms with E-state index in [1.54, 1.807) is 48.5 Å². The summed E-state index contributed by atoms with van der Waals surface area (Å²) in [4.78, 5) is 54.0. The number of fused-ring (bicyclic) bond motifs is 2. The predicted octanol–water partition coefficient (Wildman–Crippen LogP) is 2.79. The van der Waals surface area contributed by atoms with Gasteiger partial charge in [-0.15, -0.1) is 0 Å². The zero-order valence-corrected chi connectivity index (χ0v) is 20.8. The Bertz CT molecular complexity index is 1290. The molecule has 1 aliphatic heterocycles. The van der Waals surface area contributed by atoms with Crippen LogP contribution in [-0.4, -0.2) is 65.7 Å². The molecule has 2 fully saturated rings. The number of ketones is 1. The number of anilines is 1. The molecule has 0 bridgehead atoms. The summed E-state index contributed by atoms with van der Waals surface area (Å²) in [5, 5.41) is 5.05. The van der Waals surface area contributed by atoms with Crippen molar-refractivity contribution < 1.29 is 32.7 Å². The van der Waals surface area contributed by atoms with E-state index in [4.69, 9.17) is 4.74 Å². The fourth-order valence-corrected chi connectivity index (χ4v) is 5.53. The largest absolute Gasteiger partial charge is 0.341 e. The standard InChI is InChI=1S/C27H28F2N4O5/c1-30-25(37)31-19-9-10-20-18(12-19)13-22(34)27(20)24(36)32(16-38-27)15-23(35)33(14-17-6-3-2-4-7-17)21-8-5-11-26(21,28)29/h2-4,6-7,9-10,12,21H,5,8,11,13-16H2,1H3,(H2,30,31,37). The number of alkyl halides is 2. The molecule has 2 atom stereocenters. The molecule has 2 aromatic rings. The molecule has 4 amide bonds. The van der Waals surface area contributed by atoms with Crippen LogP contribution < -0.4 is 10.6 Å². The maximum absolute atomic E-state index is 14.7. The lowest BCUT2D eigenvalue weighted by molar-refractivity contribution is -0.151. The molecular formula is C27H28F2N4O5. The summed E-state index contributed by atoms with van der Waals surface area (Å²) in [7, 11) is 1.47. The number of benzene rings is 2. The van der Waals surface area contributed by atoms with E-state index in [1.165, 1.54) is 7.05 Å². The van der Waals surface area contributed by atoms with Gasteiger partial charge in [-0.2, -0.15) is 0 Å². The average molecular weight is 527 g/mol. The van der Waals surface area contributed by atoms with Crippen molar-refractivity contribution in [2.45, 2.75) is 49.8 Å². The summed E-state index contributed by atoms with van der Waals surface area (Å²) < 4.78 is 35.2. The lowest BCUT2D eigenvalue weighted by atomic mass is 9.94. The van der Waals surface area contributed by atoms with Crippen LogP contribution in [0.2, 0.25) is 0 Å². The molecule has 1 saturated carbocycles. The number of nitrogens with one attached hydrogen (secondary N) is 2. The van der Waals surface area contributed by atoms with E-state index in [9.17, 15) is 28.0 Å². The van der Waals surface area contributed by atoms with Crippen molar-refractivity contribution in [2.24, 2.45) is 0 Å². The highest BCUT2D eigenvalue weighted by Gasteiger charge is 2.59. The minimum Gasteiger partial charge on any atom is -0.341 e. The number of carbonyl (C=O) groups excluding carboxylic acids is 4. The van der Waals surface area contributed by atoms with Crippen LogP contribution in [0.25, 0.3) is 0 Å². The van der Waals surface area contributed by atoms with E-state index >= 15 is 0 Å². The number of Topliss-reactive ketones (excluding diaryl/α,β-unsaturated/α-hetero) is 1. The maximum Gasteiger partial charge on any atom is 0.318 e. The van der Waals surface area contributed by atoms with Crippen molar-refractivity contribution in [1.29, 1.82) is 0 Å². The van der Waals surface area contributed by atoms with Crippen molar-refractivity contribution in [1.82, 2.24) is 15.1 Å². The van der Waals surface area contributed by atoms with Crippen LogP contribution in [0.5, 0.6) is 0 Å². The molecule has 2 aliphatic carbocycles. The second kappa shape index (κ2) is 9.79. The van der Waals surface area contributed by atoms with E-state index in [-0.39, 0.29) is 32.5 Å². The van der Waals surface area contributed by atoms with Gasteiger partial charge in [-0.05, 0) is 36.1 Å². The maximum atomic E-state index is 14.7. The molecule has 1 heterocycles. The fourth-order valence-electron chi connectivity index (χ4n) is 5.53. The third-order valence-electron chi connectivity index (χ3n) is 7.43. The molecule has 11 heteroatoms. The van der Waals surface area contributed by atoms with Gasteiger partial charge in [0.2, 0.25) is 11.5 Å². The van der Waals surface area contributed by atoms with Crippen LogP contribution >= 0.6 is 0 Å². The third kappa shape index (κ3) is 4.40. The highest BCUT2D eigenvalue weighted by molar-refractivity contribution is 6.15. The Labute approximate surface area is 218 Å². The molecule has 2 N–H and O–H groups in total. The molecule has 5 rings (SSSR count). The van der Waals surface area contributed by atoms with Gasteiger partial charge in [-0.1, -0.05) is 36.4 Å². The SMILES string of the molecule is CNC(=O)Nc1ccc2c(c1)CC(=O)C21OCN(CC(=O)N(Cc2ccccc2)C2CCCC2(F)F)C1=O. The first-order valence-electron chi connectivity index (χ1n) is 12.5. The summed E-state index contributed by atoms with van der Waals surface area (Å²) in [5.74, 6) is -4.84. The van der Waals surface area contributed by atoms with Gasteiger partial charge in [0.15, 0.2) is 5.78 Å². The van der Waals surface area contributed by atoms with Crippen molar-refractivity contribution in [3.63, 3.8) is 0 Å². The summed E-state index contributed by atoms with van der Waals surface area (Å²) in [6.45, 7) is -0.829. The number of rotatable bonds is 6. The number of hydrogen-bond donors (Lipinski definition) is 2. The van der Waals surface area contributed by atoms with Crippen LogP contribution in [0.1, 0.15) is 36.0 Å². The number of hydrogen-bond acceptors (Lipinski definition) is 5. The van der Waals surface area contributed by atoms with E-state index in [0.29, 0.717) is 28.8 Å². The van der Waals surface area contributed by atoms with Crippen LogP contribution in [-0.2, 0) is 37.7 Å². The lowest BCUT2D eigenvalue weighted by Crippen LogP contribution is -2.51. The molecular weight excluding hydrogens is 498 g/mol. The van der Waals surface area contributed by atoms with Gasteiger partial charge >= 0.3 is 6.03 Å². The second-order valence-electron chi connectivity index (χ2n) is 9.81. The fraction of sp³-hybridized carbons (Fsp3) is 0.407. The monoisotopic (exact) mass is 526 g/mol. The van der Waals surface area contributed by atoms with Gasteiger partial charge in [-0.3, -0.25) is 14.4 Å². The molecule has 1 saturated heterocycles. The Morgan fingerprint density at radius 2 is 1.92 bits per heavy atom. The van der Waals surface area contributed by atoms with Gasteiger partial charge < -0.3 is 25.2 Å². The number of urea groups is 1. The normalized spacial score (nSPS) is 23.6. The number of amides is 4. The molecule has 38 heavy (non-hydrogen) atoms. The Morgan fingerprint density at radius 3 is 2.61 bits per heavy atom. The van der Waals surface area contributed by atoms with Gasteiger partial charge in [0, 0.05) is 37.7 Å². The van der Waals surface area contributed by atoms with Gasteiger partial charge in [-0.25, -0.2) is 13.6 Å². The topological polar surface area (TPSA) is 108 Å². The Balaban J connectivity index is 1.37. The quantitative estimate of drug-likeness (QED) is 0.563. The van der Waals surface area contributed by atoms with Crippen LogP contribution in [0, 0.1) is 0 Å². The minimum absolute atomic E-state index is 0.0170. The van der Waals surface area contributed by atoms with Gasteiger partial charge in [0.25, 0.3) is 11.8 Å². The van der Waals surface area contributed by atoms with E-state index in [2.05, 4.69) is 10.6 Å². The molecule has 0 radical (unpaired) electrons. The number of carbonyl (C=O) groups is 4. The number of halogens is 2. The van der Waals surface area contributed by atoms with Crippen molar-refractivity contribution in [3.8, 4) is 0 Å². The smallest absolute Gasteiger partial charge is 0.318 e. The summed E-state index contributed by atoms with van der Waals surface area (Å²) in [6.07, 6.45) is 0.0824. The molecule has 2 aromatic carbocycles. The lowest BCUT2D eigenvalue weighted by Gasteiger charge is -2.34. The Morgan fingerprint density at radius 1 is 1.16 bits per heavy atom. The molecule has 0 aromatic heterocycles. The highest BCUT2D eigenvalue weighted by Crippen LogP contribution is 2.44. The summed E-state index contributed by atoms with van der Waals surface area (Å²) >= 11 is 0. The first kappa shape index (κ1) is 25.8. The Hall–Kier alpha value is -3.86. The number of nitrogens with zero attached hydrogens (tertiary/aromatic N) is 2. The molecule has 2 unspecified atom stereocenters. The van der Waals surface area contributed by atoms with Gasteiger partial charge in [0.05, 0.1) is 6.04 Å². The van der Waals surface area contributed by atoms with Crippen molar-refractivity contribution >= 4 is 29.3 Å². The second-order valence-corrected chi connectivity index (χ2v) is 9.81. The van der Waals surface area contributed by atoms with E-state index in [1.807, 2.05) is 0 Å². The van der Waals surface area contributed by atoms with Crippen LogP contribution in [0.3, 0.4) is 0 Å². The van der Waals surface area contributed by atoms with Gasteiger partial charge in [0.1, 0.15) is 13.3 Å². The highest BCUT2D eigenvalue weighted by atomic mass is 19.3. The Kier molecular flexibility index (Phi) is 6.64. The average Bonchev–Trinajstić information content (AvgIpc) is 3.51. The first-order valence-corrected chi connectivity index (χ1v) is 12.5. The molecule has 3 aliphatic rings. The first-order chi connectivity index (χ1) is 18.2. The van der Waals surface area contributed by atoms with Crippen molar-refractivity contribution in [2.75, 3.05) is 25.6 Å². The van der Waals surface area contributed by atoms with Crippen LogP contribution in [0.15, 0.2) is 48.5 Å². The zero-order chi connectivity index (χ0) is 27.1. The van der Waals surface area contributed by atoms with E-state index in [0.717, 1.165) is 9.80 Å². The van der Waals surface area contributed by atoms with Crippen LogP contribution in [0.4, 0.5) is 19.3 Å². The van der Waals surface area contributed by atoms with Crippen molar-refractivity contribution in [3.05, 3.63) is 65.2 Å². The summed E-state index contributed by atoms with van der Waals surface area (Å²) in [5.41, 5.74) is 0.141. The summed E-state index contributed by atoms with van der Waals surface area (Å²) in [6, 6.07) is 11.9. The molecule has 9 nitrogen and oxygen atoms in total. The molecule has 1 spiro atoms. The molecule has 200 valence electrons. The van der Waals surface area contributed by atoms with E-state index < -0.39 is 47.7 Å².